The monoisotopic (exact) mass is 338 g/mol. The summed E-state index contributed by atoms with van der Waals surface area (Å²) >= 11 is 3.22. The van der Waals surface area contributed by atoms with Crippen molar-refractivity contribution >= 4 is 33.0 Å². The maximum Gasteiger partial charge on any atom is 0.147 e. The molecule has 0 saturated carbocycles. The zero-order chi connectivity index (χ0) is 14.7. The minimum atomic E-state index is -0.353. The van der Waals surface area contributed by atoms with Crippen molar-refractivity contribution in [3.05, 3.63) is 46.7 Å². The lowest BCUT2D eigenvalue weighted by molar-refractivity contribution is 0.244. The Kier molecular flexibility index (Phi) is 4.49. The molecule has 0 aliphatic heterocycles. The standard InChI is InChI=1S/C15H16BrFN2O/c1-9(2)20-14-5-3-4-13(15(14)18)19-12-7-6-10(16)8-11(12)17/h3-9,19H,18H2,1-2H3. The molecule has 2 aromatic rings. The van der Waals surface area contributed by atoms with Crippen LogP contribution in [0.2, 0.25) is 0 Å². The Bertz CT molecular complexity index is 617. The Morgan fingerprint density at radius 3 is 2.60 bits per heavy atom. The van der Waals surface area contributed by atoms with Crippen molar-refractivity contribution in [1.29, 1.82) is 0 Å². The third-order valence-corrected chi connectivity index (χ3v) is 3.12. The quantitative estimate of drug-likeness (QED) is 0.794. The molecule has 106 valence electrons. The van der Waals surface area contributed by atoms with E-state index in [4.69, 9.17) is 10.5 Å². The molecule has 0 radical (unpaired) electrons. The van der Waals surface area contributed by atoms with E-state index in [1.54, 1.807) is 24.3 Å². The molecule has 3 nitrogen and oxygen atoms in total. The van der Waals surface area contributed by atoms with E-state index in [1.165, 1.54) is 6.07 Å². The first-order valence-corrected chi connectivity index (χ1v) is 7.04. The molecule has 0 atom stereocenters. The summed E-state index contributed by atoms with van der Waals surface area (Å²) in [7, 11) is 0. The Morgan fingerprint density at radius 1 is 1.20 bits per heavy atom. The van der Waals surface area contributed by atoms with Crippen LogP contribution in [-0.2, 0) is 0 Å². The number of benzene rings is 2. The number of nitrogen functional groups attached to an aromatic ring is 1. The van der Waals surface area contributed by atoms with Crippen molar-refractivity contribution in [3.8, 4) is 5.75 Å². The van der Waals surface area contributed by atoms with E-state index in [1.807, 2.05) is 19.9 Å². The highest BCUT2D eigenvalue weighted by Gasteiger charge is 2.10. The molecule has 2 aromatic carbocycles. The van der Waals surface area contributed by atoms with Gasteiger partial charge in [0.2, 0.25) is 0 Å². The molecule has 0 heterocycles. The molecule has 0 aromatic heterocycles. The lowest BCUT2D eigenvalue weighted by Gasteiger charge is -2.16. The van der Waals surface area contributed by atoms with Crippen LogP contribution in [0.15, 0.2) is 40.9 Å². The molecule has 0 aliphatic carbocycles. The van der Waals surface area contributed by atoms with E-state index in [-0.39, 0.29) is 11.9 Å². The van der Waals surface area contributed by atoms with Crippen molar-refractivity contribution in [3.63, 3.8) is 0 Å². The lowest BCUT2D eigenvalue weighted by atomic mass is 10.2. The summed E-state index contributed by atoms with van der Waals surface area (Å²) in [6.07, 6.45) is 0.0250. The van der Waals surface area contributed by atoms with Crippen LogP contribution in [0.25, 0.3) is 0 Å². The molecule has 0 spiro atoms. The van der Waals surface area contributed by atoms with Crippen LogP contribution >= 0.6 is 15.9 Å². The smallest absolute Gasteiger partial charge is 0.147 e. The number of anilines is 3. The van der Waals surface area contributed by atoms with Gasteiger partial charge in [0, 0.05) is 4.47 Å². The van der Waals surface area contributed by atoms with Crippen molar-refractivity contribution in [1.82, 2.24) is 0 Å². The molecular formula is C15H16BrFN2O. The highest BCUT2D eigenvalue weighted by atomic mass is 79.9. The van der Waals surface area contributed by atoms with Gasteiger partial charge < -0.3 is 15.8 Å². The van der Waals surface area contributed by atoms with Gasteiger partial charge in [-0.25, -0.2) is 4.39 Å². The SMILES string of the molecule is CC(C)Oc1cccc(Nc2ccc(Br)cc2F)c1N. The molecule has 0 unspecified atom stereocenters. The zero-order valence-corrected chi connectivity index (χ0v) is 12.9. The average Bonchev–Trinajstić information content (AvgIpc) is 2.36. The summed E-state index contributed by atoms with van der Waals surface area (Å²) in [6, 6.07) is 10.2. The van der Waals surface area contributed by atoms with Crippen LogP contribution in [0.4, 0.5) is 21.5 Å². The van der Waals surface area contributed by atoms with Crippen LogP contribution in [0.1, 0.15) is 13.8 Å². The van der Waals surface area contributed by atoms with Gasteiger partial charge in [0.25, 0.3) is 0 Å². The normalized spacial score (nSPS) is 10.7. The summed E-state index contributed by atoms with van der Waals surface area (Å²) in [6.45, 7) is 3.85. The summed E-state index contributed by atoms with van der Waals surface area (Å²) < 4.78 is 20.1. The third-order valence-electron chi connectivity index (χ3n) is 2.63. The van der Waals surface area contributed by atoms with E-state index < -0.39 is 0 Å². The van der Waals surface area contributed by atoms with E-state index >= 15 is 0 Å². The Hall–Kier alpha value is -1.75. The largest absolute Gasteiger partial charge is 0.489 e. The van der Waals surface area contributed by atoms with Gasteiger partial charge in [-0.2, -0.15) is 0 Å². The Morgan fingerprint density at radius 2 is 1.95 bits per heavy atom. The second-order valence-corrected chi connectivity index (χ2v) is 5.55. The lowest BCUT2D eigenvalue weighted by Crippen LogP contribution is -2.08. The number of hydrogen-bond donors (Lipinski definition) is 2. The number of ether oxygens (including phenoxy) is 1. The van der Waals surface area contributed by atoms with E-state index in [0.717, 1.165) is 0 Å². The van der Waals surface area contributed by atoms with E-state index in [9.17, 15) is 4.39 Å². The molecule has 0 saturated heterocycles. The maximum atomic E-state index is 13.8. The third kappa shape index (κ3) is 3.42. The minimum Gasteiger partial charge on any atom is -0.489 e. The average molecular weight is 339 g/mol. The van der Waals surface area contributed by atoms with Crippen molar-refractivity contribution < 1.29 is 9.13 Å². The van der Waals surface area contributed by atoms with Gasteiger partial charge in [-0.05, 0) is 44.2 Å². The van der Waals surface area contributed by atoms with Crippen LogP contribution in [0.3, 0.4) is 0 Å². The van der Waals surface area contributed by atoms with Gasteiger partial charge in [0.05, 0.1) is 23.2 Å². The Labute approximate surface area is 126 Å². The van der Waals surface area contributed by atoms with Crippen molar-refractivity contribution in [2.75, 3.05) is 11.1 Å². The summed E-state index contributed by atoms with van der Waals surface area (Å²) in [5, 5.41) is 2.98. The molecular weight excluding hydrogens is 323 g/mol. The van der Waals surface area contributed by atoms with Gasteiger partial charge >= 0.3 is 0 Å². The number of nitrogens with two attached hydrogens (primary N) is 1. The van der Waals surface area contributed by atoms with Gasteiger partial charge in [-0.15, -0.1) is 0 Å². The molecule has 0 aliphatic rings. The predicted octanol–water partition coefficient (Wildman–Crippen LogP) is 4.70. The van der Waals surface area contributed by atoms with Gasteiger partial charge in [0.1, 0.15) is 11.6 Å². The molecule has 2 rings (SSSR count). The summed E-state index contributed by atoms with van der Waals surface area (Å²) in [5.74, 6) is 0.233. The topological polar surface area (TPSA) is 47.3 Å². The molecule has 0 fully saturated rings. The first-order valence-electron chi connectivity index (χ1n) is 6.24. The second kappa shape index (κ2) is 6.13. The highest BCUT2D eigenvalue weighted by molar-refractivity contribution is 9.10. The minimum absolute atomic E-state index is 0.0250. The van der Waals surface area contributed by atoms with Crippen LogP contribution in [0.5, 0.6) is 5.75 Å². The fourth-order valence-corrected chi connectivity index (χ4v) is 2.08. The number of rotatable bonds is 4. The number of para-hydroxylation sites is 1. The molecule has 3 N–H and O–H groups in total. The van der Waals surface area contributed by atoms with E-state index in [0.29, 0.717) is 27.3 Å². The fourth-order valence-electron chi connectivity index (χ4n) is 1.75. The number of hydrogen-bond acceptors (Lipinski definition) is 3. The molecule has 0 amide bonds. The van der Waals surface area contributed by atoms with Crippen LogP contribution < -0.4 is 15.8 Å². The Balaban J connectivity index is 2.29. The maximum absolute atomic E-state index is 13.8. The summed E-state index contributed by atoms with van der Waals surface area (Å²) in [5.41, 5.74) is 7.48. The van der Waals surface area contributed by atoms with Crippen LogP contribution in [-0.4, -0.2) is 6.10 Å². The molecule has 5 heteroatoms. The second-order valence-electron chi connectivity index (χ2n) is 4.63. The fraction of sp³-hybridized carbons (Fsp3) is 0.200. The highest BCUT2D eigenvalue weighted by Crippen LogP contribution is 2.33. The van der Waals surface area contributed by atoms with Gasteiger partial charge in [-0.3, -0.25) is 0 Å². The first kappa shape index (κ1) is 14.7. The molecule has 20 heavy (non-hydrogen) atoms. The number of halogens is 2. The molecule has 0 bridgehead atoms. The van der Waals surface area contributed by atoms with Gasteiger partial charge in [0.15, 0.2) is 0 Å². The first-order chi connectivity index (χ1) is 9.47. The van der Waals surface area contributed by atoms with Gasteiger partial charge in [-0.1, -0.05) is 22.0 Å². The van der Waals surface area contributed by atoms with Crippen LogP contribution in [0, 0.1) is 5.82 Å². The zero-order valence-electron chi connectivity index (χ0n) is 11.3. The number of nitrogens with one attached hydrogen (secondary N) is 1. The summed E-state index contributed by atoms with van der Waals surface area (Å²) in [4.78, 5) is 0. The van der Waals surface area contributed by atoms with E-state index in [2.05, 4.69) is 21.2 Å². The predicted molar refractivity (Wildman–Crippen MR) is 84.0 cm³/mol. The van der Waals surface area contributed by atoms with Crippen molar-refractivity contribution in [2.24, 2.45) is 0 Å². The van der Waals surface area contributed by atoms with Crippen molar-refractivity contribution in [2.45, 2.75) is 20.0 Å².